The van der Waals surface area contributed by atoms with E-state index in [-0.39, 0.29) is 17.5 Å². The number of rotatable bonds is 3. The van der Waals surface area contributed by atoms with Gasteiger partial charge in [-0.1, -0.05) is 84.4 Å². The number of anilines is 1. The first kappa shape index (κ1) is 24.5. The van der Waals surface area contributed by atoms with Crippen molar-refractivity contribution < 1.29 is 17.9 Å². The number of hydrogen-bond acceptors (Lipinski definition) is 4. The van der Waals surface area contributed by atoms with Gasteiger partial charge in [-0.25, -0.2) is 8.42 Å². The molecule has 0 radical (unpaired) electrons. The summed E-state index contributed by atoms with van der Waals surface area (Å²) >= 11 is 0. The van der Waals surface area contributed by atoms with Crippen LogP contribution >= 0.6 is 0 Å². The number of nitrogens with zero attached hydrogens (tertiary/aromatic N) is 1. The molecule has 2 aliphatic rings. The molecule has 0 amide bonds. The van der Waals surface area contributed by atoms with E-state index in [0.29, 0.717) is 17.9 Å². The minimum Gasteiger partial charge on any atom is -0.453 e. The Bertz CT molecular complexity index is 1610. The van der Waals surface area contributed by atoms with Crippen molar-refractivity contribution in [3.05, 3.63) is 125 Å². The zero-order chi connectivity index (χ0) is 26.3. The van der Waals surface area contributed by atoms with Gasteiger partial charge in [-0.2, -0.15) is 0 Å². The van der Waals surface area contributed by atoms with Gasteiger partial charge >= 0.3 is 0 Å². The van der Waals surface area contributed by atoms with Crippen LogP contribution < -0.4 is 9.04 Å². The quantitative estimate of drug-likeness (QED) is 0.297. The first-order valence-electron chi connectivity index (χ1n) is 12.8. The Morgan fingerprint density at radius 1 is 0.842 bits per heavy atom. The summed E-state index contributed by atoms with van der Waals surface area (Å²) in [5.41, 5.74) is 4.86. The largest absolute Gasteiger partial charge is 0.453 e. The van der Waals surface area contributed by atoms with Crippen LogP contribution in [0.5, 0.6) is 5.75 Å². The maximum Gasteiger partial charge on any atom is 0.265 e. The van der Waals surface area contributed by atoms with Crippen LogP contribution in [0.15, 0.2) is 108 Å². The molecule has 4 aromatic carbocycles. The molecule has 0 bridgehead atoms. The highest BCUT2D eigenvalue weighted by molar-refractivity contribution is 7.92. The molecular formula is C32H29NO4S. The van der Waals surface area contributed by atoms with Crippen LogP contribution in [0.4, 0.5) is 5.69 Å². The van der Waals surface area contributed by atoms with Crippen molar-refractivity contribution in [1.82, 2.24) is 0 Å². The van der Waals surface area contributed by atoms with Crippen molar-refractivity contribution in [2.45, 2.75) is 37.1 Å². The van der Waals surface area contributed by atoms with Crippen molar-refractivity contribution in [1.29, 1.82) is 0 Å². The van der Waals surface area contributed by atoms with E-state index in [1.807, 2.05) is 105 Å². The molecule has 6 heteroatoms. The summed E-state index contributed by atoms with van der Waals surface area (Å²) in [5.74, 6) is -0.539. The van der Waals surface area contributed by atoms with Crippen LogP contribution in [0.3, 0.4) is 0 Å². The highest BCUT2D eigenvalue weighted by Crippen LogP contribution is 2.51. The molecule has 0 N–H and O–H groups in total. The number of benzene rings is 4. The predicted octanol–water partition coefficient (Wildman–Crippen LogP) is 6.79. The minimum absolute atomic E-state index is 0.263. The Hall–Kier alpha value is -3.87. The van der Waals surface area contributed by atoms with E-state index >= 15 is 0 Å². The van der Waals surface area contributed by atoms with Crippen molar-refractivity contribution in [3.8, 4) is 5.75 Å². The normalized spacial score (nSPS) is 20.9. The van der Waals surface area contributed by atoms with Gasteiger partial charge in [0.15, 0.2) is 0 Å². The molecule has 0 spiro atoms. The highest BCUT2D eigenvalue weighted by atomic mass is 32.2. The third-order valence-electron chi connectivity index (χ3n) is 7.16. The molecule has 0 saturated heterocycles. The summed E-state index contributed by atoms with van der Waals surface area (Å²) in [6.07, 6.45) is 2.24. The standard InChI is InChI=1S/C32H29NO4S/c1-23-16-18-27(19-17-23)38(34,35)33-21-20-24(2)36-32(26-11-4-3-5-12-26)29(28-13-7-8-14-30(28)33)22-25-10-6-9-15-31(25)37-32/h3-19,22,24H,20-21H2,1-2H3/t24-,32-/m0/s1. The average molecular weight is 524 g/mol. The van der Waals surface area contributed by atoms with E-state index in [4.69, 9.17) is 9.47 Å². The molecule has 0 aliphatic carbocycles. The maximum absolute atomic E-state index is 14.1. The summed E-state index contributed by atoms with van der Waals surface area (Å²) in [6, 6.07) is 32.4. The Morgan fingerprint density at radius 3 is 2.32 bits per heavy atom. The minimum atomic E-state index is -3.84. The van der Waals surface area contributed by atoms with Crippen LogP contribution in [0.1, 0.15) is 35.6 Å². The predicted molar refractivity (Wildman–Crippen MR) is 150 cm³/mol. The number of hydrogen-bond donors (Lipinski definition) is 0. The van der Waals surface area contributed by atoms with E-state index in [1.54, 1.807) is 12.1 Å². The van der Waals surface area contributed by atoms with Gasteiger partial charge in [0, 0.05) is 28.8 Å². The fourth-order valence-electron chi connectivity index (χ4n) is 5.20. The Labute approximate surface area is 224 Å². The van der Waals surface area contributed by atoms with Crippen LogP contribution in [0, 0.1) is 6.92 Å². The van der Waals surface area contributed by atoms with Crippen LogP contribution in [0.25, 0.3) is 11.6 Å². The smallest absolute Gasteiger partial charge is 0.265 e. The molecule has 192 valence electrons. The van der Waals surface area contributed by atoms with Gasteiger partial charge in [-0.15, -0.1) is 0 Å². The molecule has 38 heavy (non-hydrogen) atoms. The van der Waals surface area contributed by atoms with Gasteiger partial charge in [-0.05, 0) is 50.6 Å². The Morgan fingerprint density at radius 2 is 1.53 bits per heavy atom. The van der Waals surface area contributed by atoms with Gasteiger partial charge < -0.3 is 9.47 Å². The molecule has 5 nitrogen and oxygen atoms in total. The fraction of sp³-hybridized carbons (Fsp3) is 0.188. The van der Waals surface area contributed by atoms with E-state index in [1.165, 1.54) is 4.31 Å². The molecule has 6 rings (SSSR count). The molecule has 2 atom stereocenters. The lowest BCUT2D eigenvalue weighted by Crippen LogP contribution is -2.42. The van der Waals surface area contributed by atoms with E-state index in [0.717, 1.165) is 27.8 Å². The molecule has 0 unspecified atom stereocenters. The van der Waals surface area contributed by atoms with Gasteiger partial charge in [0.2, 0.25) is 0 Å². The summed E-state index contributed by atoms with van der Waals surface area (Å²) < 4.78 is 43.3. The fourth-order valence-corrected chi connectivity index (χ4v) is 6.70. The number of ether oxygens (including phenoxy) is 2. The van der Waals surface area contributed by atoms with Gasteiger partial charge in [0.25, 0.3) is 15.8 Å². The van der Waals surface area contributed by atoms with Crippen molar-refractivity contribution >= 4 is 27.4 Å². The van der Waals surface area contributed by atoms with E-state index < -0.39 is 15.8 Å². The highest BCUT2D eigenvalue weighted by Gasteiger charge is 2.47. The summed E-state index contributed by atoms with van der Waals surface area (Å²) in [4.78, 5) is 0.263. The Balaban J connectivity index is 1.62. The zero-order valence-electron chi connectivity index (χ0n) is 21.4. The first-order valence-corrected chi connectivity index (χ1v) is 14.2. The second-order valence-electron chi connectivity index (χ2n) is 9.81. The van der Waals surface area contributed by atoms with Crippen molar-refractivity contribution in [2.24, 2.45) is 0 Å². The molecule has 4 aromatic rings. The van der Waals surface area contributed by atoms with Crippen molar-refractivity contribution in [2.75, 3.05) is 10.8 Å². The lowest BCUT2D eigenvalue weighted by atomic mass is 9.86. The van der Waals surface area contributed by atoms with Crippen LogP contribution in [-0.2, 0) is 20.5 Å². The number of para-hydroxylation sites is 2. The summed E-state index contributed by atoms with van der Waals surface area (Å²) in [5, 5.41) is 0. The van der Waals surface area contributed by atoms with Crippen LogP contribution in [-0.4, -0.2) is 21.1 Å². The Kier molecular flexibility index (Phi) is 6.09. The van der Waals surface area contributed by atoms with Gasteiger partial charge in [0.1, 0.15) is 5.75 Å². The van der Waals surface area contributed by atoms with Crippen molar-refractivity contribution in [3.63, 3.8) is 0 Å². The molecule has 2 heterocycles. The van der Waals surface area contributed by atoms with Crippen LogP contribution in [0.2, 0.25) is 0 Å². The number of fused-ring (bicyclic) bond motifs is 4. The monoisotopic (exact) mass is 523 g/mol. The molecular weight excluding hydrogens is 494 g/mol. The molecule has 0 fully saturated rings. The summed E-state index contributed by atoms with van der Waals surface area (Å²) in [6.45, 7) is 4.18. The second kappa shape index (κ2) is 9.46. The zero-order valence-corrected chi connectivity index (χ0v) is 22.2. The third kappa shape index (κ3) is 4.10. The number of sulfonamides is 1. The molecule has 2 aliphatic heterocycles. The first-order chi connectivity index (χ1) is 18.4. The lowest BCUT2D eigenvalue weighted by Gasteiger charge is -2.41. The molecule has 0 saturated carbocycles. The topological polar surface area (TPSA) is 55.8 Å². The lowest BCUT2D eigenvalue weighted by molar-refractivity contribution is -0.175. The number of aryl methyl sites for hydroxylation is 1. The average Bonchev–Trinajstić information content (AvgIpc) is 2.98. The third-order valence-corrected chi connectivity index (χ3v) is 8.99. The van der Waals surface area contributed by atoms with E-state index in [9.17, 15) is 8.42 Å². The van der Waals surface area contributed by atoms with E-state index in [2.05, 4.69) is 6.08 Å². The van der Waals surface area contributed by atoms with Gasteiger partial charge in [0.05, 0.1) is 16.7 Å². The SMILES string of the molecule is Cc1ccc(S(=O)(=O)N2CC[C@H](C)O[C@@]3(c4ccccc4)Oc4ccccc4C=C3c3ccccc32)cc1. The maximum atomic E-state index is 14.1. The molecule has 0 aromatic heterocycles. The second-order valence-corrected chi connectivity index (χ2v) is 11.7. The van der Waals surface area contributed by atoms with Gasteiger partial charge in [-0.3, -0.25) is 4.31 Å². The summed E-state index contributed by atoms with van der Waals surface area (Å²) in [7, 11) is -3.84.